The molecule has 0 spiro atoms. The van der Waals surface area contributed by atoms with E-state index in [0.29, 0.717) is 6.42 Å². The third-order valence-electron chi connectivity index (χ3n) is 2.36. The third kappa shape index (κ3) is 4.87. The standard InChI is InChI=1S/C13H19NO3S/c1-13(2,3)14-11(15)7-6-9(12(16)17)10-5-4-8-18-10/h4-5,8-9H,6-7H2,1-3H3,(H,14,15)(H,16,17). The fourth-order valence-electron chi connectivity index (χ4n) is 1.63. The number of rotatable bonds is 5. The van der Waals surface area contributed by atoms with Crippen molar-refractivity contribution in [3.8, 4) is 0 Å². The summed E-state index contributed by atoms with van der Waals surface area (Å²) in [6.07, 6.45) is 0.559. The van der Waals surface area contributed by atoms with Crippen LogP contribution >= 0.6 is 11.3 Å². The Balaban J connectivity index is 2.54. The van der Waals surface area contributed by atoms with Crippen LogP contribution in [-0.4, -0.2) is 22.5 Å². The molecule has 0 aliphatic heterocycles. The zero-order valence-electron chi connectivity index (χ0n) is 10.9. The highest BCUT2D eigenvalue weighted by atomic mass is 32.1. The Morgan fingerprint density at radius 1 is 1.44 bits per heavy atom. The van der Waals surface area contributed by atoms with Crippen molar-refractivity contribution < 1.29 is 14.7 Å². The average Bonchev–Trinajstić information content (AvgIpc) is 2.67. The highest BCUT2D eigenvalue weighted by Crippen LogP contribution is 2.25. The Kier molecular flexibility index (Phi) is 4.90. The van der Waals surface area contributed by atoms with Gasteiger partial charge in [0, 0.05) is 16.8 Å². The normalized spacial score (nSPS) is 13.1. The fraction of sp³-hybridized carbons (Fsp3) is 0.538. The first-order valence-corrected chi connectivity index (χ1v) is 6.75. The molecule has 1 atom stereocenters. The topological polar surface area (TPSA) is 66.4 Å². The van der Waals surface area contributed by atoms with Gasteiger partial charge in [-0.2, -0.15) is 0 Å². The van der Waals surface area contributed by atoms with Crippen molar-refractivity contribution in [1.82, 2.24) is 5.32 Å². The SMILES string of the molecule is CC(C)(C)NC(=O)CCC(C(=O)O)c1cccs1. The van der Waals surface area contributed by atoms with Gasteiger partial charge in [-0.3, -0.25) is 9.59 Å². The highest BCUT2D eigenvalue weighted by molar-refractivity contribution is 7.10. The first-order valence-electron chi connectivity index (χ1n) is 5.87. The monoisotopic (exact) mass is 269 g/mol. The largest absolute Gasteiger partial charge is 0.481 e. The number of carboxylic acids is 1. The maximum absolute atomic E-state index is 11.7. The van der Waals surface area contributed by atoms with Gasteiger partial charge >= 0.3 is 5.97 Å². The molecule has 4 nitrogen and oxygen atoms in total. The summed E-state index contributed by atoms with van der Waals surface area (Å²) < 4.78 is 0. The number of carbonyl (C=O) groups excluding carboxylic acids is 1. The summed E-state index contributed by atoms with van der Waals surface area (Å²) in [6.45, 7) is 5.70. The van der Waals surface area contributed by atoms with Gasteiger partial charge in [-0.25, -0.2) is 0 Å². The summed E-state index contributed by atoms with van der Waals surface area (Å²) in [5, 5.41) is 13.8. The minimum Gasteiger partial charge on any atom is -0.481 e. The second-order valence-corrected chi connectivity index (χ2v) is 6.22. The lowest BCUT2D eigenvalue weighted by atomic mass is 10.0. The predicted octanol–water partition coefficient (Wildman–Crippen LogP) is 2.61. The summed E-state index contributed by atoms with van der Waals surface area (Å²) in [6, 6.07) is 3.62. The smallest absolute Gasteiger partial charge is 0.311 e. The second kappa shape index (κ2) is 6.00. The van der Waals surface area contributed by atoms with Crippen molar-refractivity contribution in [3.05, 3.63) is 22.4 Å². The molecule has 0 aliphatic rings. The summed E-state index contributed by atoms with van der Waals surface area (Å²) in [5.41, 5.74) is -0.279. The van der Waals surface area contributed by atoms with E-state index in [-0.39, 0.29) is 17.9 Å². The van der Waals surface area contributed by atoms with Crippen LogP contribution in [-0.2, 0) is 9.59 Å². The van der Waals surface area contributed by atoms with Crippen LogP contribution in [0, 0.1) is 0 Å². The molecule has 1 aromatic rings. The van der Waals surface area contributed by atoms with Gasteiger partial charge in [0.1, 0.15) is 0 Å². The predicted molar refractivity (Wildman–Crippen MR) is 71.8 cm³/mol. The Morgan fingerprint density at radius 2 is 2.11 bits per heavy atom. The number of hydrogen-bond acceptors (Lipinski definition) is 3. The van der Waals surface area contributed by atoms with E-state index in [9.17, 15) is 9.59 Å². The van der Waals surface area contributed by atoms with Crippen molar-refractivity contribution in [2.75, 3.05) is 0 Å². The first kappa shape index (κ1) is 14.7. The summed E-state index contributed by atoms with van der Waals surface area (Å²) in [5.74, 6) is -1.57. The van der Waals surface area contributed by atoms with Crippen molar-refractivity contribution in [3.63, 3.8) is 0 Å². The molecule has 2 N–H and O–H groups in total. The van der Waals surface area contributed by atoms with Crippen LogP contribution in [0.25, 0.3) is 0 Å². The van der Waals surface area contributed by atoms with E-state index in [4.69, 9.17) is 5.11 Å². The van der Waals surface area contributed by atoms with Crippen molar-refractivity contribution in [2.45, 2.75) is 45.1 Å². The van der Waals surface area contributed by atoms with Crippen LogP contribution in [0.1, 0.15) is 44.4 Å². The van der Waals surface area contributed by atoms with Crippen molar-refractivity contribution in [2.24, 2.45) is 0 Å². The zero-order valence-corrected chi connectivity index (χ0v) is 11.7. The Morgan fingerprint density at radius 3 is 2.56 bits per heavy atom. The van der Waals surface area contributed by atoms with Gasteiger partial charge in [0.05, 0.1) is 5.92 Å². The number of hydrogen-bond donors (Lipinski definition) is 2. The third-order valence-corrected chi connectivity index (χ3v) is 3.35. The van der Waals surface area contributed by atoms with Crippen molar-refractivity contribution in [1.29, 1.82) is 0 Å². The molecule has 1 amide bonds. The number of carbonyl (C=O) groups is 2. The van der Waals surface area contributed by atoms with Gasteiger partial charge in [0.25, 0.3) is 0 Å². The lowest BCUT2D eigenvalue weighted by molar-refractivity contribution is -0.139. The fourth-order valence-corrected chi connectivity index (χ4v) is 2.49. The summed E-state index contributed by atoms with van der Waals surface area (Å²) in [4.78, 5) is 23.6. The zero-order chi connectivity index (χ0) is 13.8. The summed E-state index contributed by atoms with van der Waals surface area (Å²) in [7, 11) is 0. The van der Waals surface area contributed by atoms with Crippen LogP contribution in [0.2, 0.25) is 0 Å². The highest BCUT2D eigenvalue weighted by Gasteiger charge is 2.22. The molecule has 0 saturated heterocycles. The van der Waals surface area contributed by atoms with Crippen molar-refractivity contribution >= 4 is 23.2 Å². The van der Waals surface area contributed by atoms with Gasteiger partial charge in [-0.1, -0.05) is 6.07 Å². The number of aliphatic carboxylic acids is 1. The lowest BCUT2D eigenvalue weighted by Gasteiger charge is -2.21. The minimum absolute atomic E-state index is 0.106. The molecule has 0 bridgehead atoms. The number of thiophene rings is 1. The molecule has 0 fully saturated rings. The molecule has 1 aromatic heterocycles. The van der Waals surface area contributed by atoms with Gasteiger partial charge < -0.3 is 10.4 Å². The molecule has 0 radical (unpaired) electrons. The number of amides is 1. The molecule has 1 rings (SSSR count). The quantitative estimate of drug-likeness (QED) is 0.863. The molecule has 5 heteroatoms. The maximum Gasteiger partial charge on any atom is 0.311 e. The average molecular weight is 269 g/mol. The number of carboxylic acid groups (broad SMARTS) is 1. The molecule has 0 saturated carbocycles. The number of nitrogens with one attached hydrogen (secondary N) is 1. The Bertz CT molecular complexity index is 406. The van der Waals surface area contributed by atoms with E-state index in [1.54, 1.807) is 6.07 Å². The van der Waals surface area contributed by atoms with Crippen LogP contribution < -0.4 is 5.32 Å². The van der Waals surface area contributed by atoms with E-state index in [2.05, 4.69) is 5.32 Å². The van der Waals surface area contributed by atoms with Crippen LogP contribution in [0.15, 0.2) is 17.5 Å². The molecule has 100 valence electrons. The molecule has 0 aliphatic carbocycles. The molecule has 1 heterocycles. The molecule has 0 aromatic carbocycles. The molecular weight excluding hydrogens is 250 g/mol. The van der Waals surface area contributed by atoms with Crippen LogP contribution in [0.5, 0.6) is 0 Å². The maximum atomic E-state index is 11.7. The van der Waals surface area contributed by atoms with E-state index in [0.717, 1.165) is 4.88 Å². The first-order chi connectivity index (χ1) is 8.29. The van der Waals surface area contributed by atoms with E-state index >= 15 is 0 Å². The molecule has 18 heavy (non-hydrogen) atoms. The lowest BCUT2D eigenvalue weighted by Crippen LogP contribution is -2.40. The Labute approximate surface area is 111 Å². The van der Waals surface area contributed by atoms with E-state index in [1.165, 1.54) is 11.3 Å². The van der Waals surface area contributed by atoms with E-state index < -0.39 is 11.9 Å². The van der Waals surface area contributed by atoms with E-state index in [1.807, 2.05) is 32.2 Å². The van der Waals surface area contributed by atoms with Gasteiger partial charge in [-0.05, 0) is 38.6 Å². The Hall–Kier alpha value is -1.36. The minimum atomic E-state index is -0.874. The van der Waals surface area contributed by atoms with Gasteiger partial charge in [-0.15, -0.1) is 11.3 Å². The van der Waals surface area contributed by atoms with Gasteiger partial charge in [0.15, 0.2) is 0 Å². The van der Waals surface area contributed by atoms with Crippen LogP contribution in [0.4, 0.5) is 0 Å². The van der Waals surface area contributed by atoms with Gasteiger partial charge in [0.2, 0.25) is 5.91 Å². The van der Waals surface area contributed by atoms with Crippen LogP contribution in [0.3, 0.4) is 0 Å². The second-order valence-electron chi connectivity index (χ2n) is 5.24. The summed E-state index contributed by atoms with van der Waals surface area (Å²) >= 11 is 1.41. The molecule has 1 unspecified atom stereocenters. The molecular formula is C13H19NO3S.